The van der Waals surface area contributed by atoms with E-state index in [1.54, 1.807) is 48.5 Å². The summed E-state index contributed by atoms with van der Waals surface area (Å²) in [5.41, 5.74) is 2.15. The van der Waals surface area contributed by atoms with E-state index in [1.165, 1.54) is 6.07 Å². The molecular formula is C24H19NO5. The van der Waals surface area contributed by atoms with Crippen molar-refractivity contribution < 1.29 is 23.9 Å². The fourth-order valence-electron chi connectivity index (χ4n) is 3.27. The van der Waals surface area contributed by atoms with Crippen molar-refractivity contribution in [1.29, 1.82) is 0 Å². The third kappa shape index (κ3) is 3.80. The van der Waals surface area contributed by atoms with E-state index in [0.717, 1.165) is 16.9 Å². The summed E-state index contributed by atoms with van der Waals surface area (Å²) in [6, 6.07) is 20.4. The lowest BCUT2D eigenvalue weighted by atomic mass is 10.1. The fourth-order valence-corrected chi connectivity index (χ4v) is 3.27. The maximum atomic E-state index is 12.6. The number of imide groups is 1. The maximum absolute atomic E-state index is 12.6. The van der Waals surface area contributed by atoms with Crippen LogP contribution >= 0.6 is 0 Å². The van der Waals surface area contributed by atoms with Gasteiger partial charge in [-0.15, -0.1) is 0 Å². The van der Waals surface area contributed by atoms with Gasteiger partial charge < -0.3 is 9.47 Å². The third-order valence-electron chi connectivity index (χ3n) is 4.76. The topological polar surface area (TPSA) is 72.9 Å². The lowest BCUT2D eigenvalue weighted by Gasteiger charge is -2.15. The molecule has 0 unspecified atom stereocenters. The Balaban J connectivity index is 1.44. The quantitative estimate of drug-likeness (QED) is 0.354. The van der Waals surface area contributed by atoms with Crippen molar-refractivity contribution >= 4 is 23.5 Å². The highest BCUT2D eigenvalue weighted by molar-refractivity contribution is 6.34. The van der Waals surface area contributed by atoms with Gasteiger partial charge in [-0.3, -0.25) is 9.59 Å². The van der Waals surface area contributed by atoms with Crippen LogP contribution < -0.4 is 14.4 Å². The van der Waals surface area contributed by atoms with Crippen LogP contribution in [-0.4, -0.2) is 24.4 Å². The normalized spacial score (nSPS) is 12.6. The second kappa shape index (κ2) is 8.21. The minimum atomic E-state index is -0.587. The molecule has 1 aliphatic heterocycles. The van der Waals surface area contributed by atoms with Crippen molar-refractivity contribution in [1.82, 2.24) is 0 Å². The molecule has 0 aliphatic carbocycles. The molecule has 0 bridgehead atoms. The van der Waals surface area contributed by atoms with Gasteiger partial charge in [-0.2, -0.15) is 0 Å². The Hall–Kier alpha value is -3.93. The van der Waals surface area contributed by atoms with Crippen molar-refractivity contribution in [3.05, 3.63) is 89.5 Å². The molecule has 0 radical (unpaired) electrons. The van der Waals surface area contributed by atoms with Gasteiger partial charge in [0.25, 0.3) is 11.8 Å². The average Bonchev–Trinajstić information content (AvgIpc) is 3.03. The fraction of sp³-hybridized carbons (Fsp3) is 0.125. The van der Waals surface area contributed by atoms with Crippen LogP contribution in [0.15, 0.2) is 72.8 Å². The van der Waals surface area contributed by atoms with Crippen molar-refractivity contribution in [2.24, 2.45) is 0 Å². The number of anilines is 1. The number of carbonyl (C=O) groups excluding carboxylic acids is 3. The number of carbonyl (C=O) groups is 3. The van der Waals surface area contributed by atoms with Crippen LogP contribution in [0, 0.1) is 0 Å². The van der Waals surface area contributed by atoms with E-state index in [4.69, 9.17) is 9.47 Å². The molecule has 0 fully saturated rings. The highest BCUT2D eigenvalue weighted by Gasteiger charge is 2.36. The van der Waals surface area contributed by atoms with Crippen LogP contribution in [-0.2, 0) is 11.2 Å². The van der Waals surface area contributed by atoms with Gasteiger partial charge in [-0.05, 0) is 48.4 Å². The number of nitrogens with zero attached hydrogens (tertiary/aromatic N) is 1. The van der Waals surface area contributed by atoms with E-state index in [0.29, 0.717) is 22.6 Å². The van der Waals surface area contributed by atoms with Gasteiger partial charge in [0.1, 0.15) is 11.5 Å². The minimum Gasteiger partial charge on any atom is -0.482 e. The van der Waals surface area contributed by atoms with Crippen LogP contribution in [0.3, 0.4) is 0 Å². The summed E-state index contributed by atoms with van der Waals surface area (Å²) < 4.78 is 10.8. The van der Waals surface area contributed by atoms with Gasteiger partial charge in [0, 0.05) is 6.07 Å². The van der Waals surface area contributed by atoms with Crippen LogP contribution in [0.1, 0.15) is 33.2 Å². The lowest BCUT2D eigenvalue weighted by Crippen LogP contribution is -2.29. The van der Waals surface area contributed by atoms with Crippen LogP contribution in [0.25, 0.3) is 0 Å². The van der Waals surface area contributed by atoms with Gasteiger partial charge in [0.15, 0.2) is 6.61 Å². The second-order valence-corrected chi connectivity index (χ2v) is 6.75. The number of fused-ring (bicyclic) bond motifs is 1. The largest absolute Gasteiger partial charge is 0.482 e. The monoisotopic (exact) mass is 401 g/mol. The molecule has 6 heteroatoms. The highest BCUT2D eigenvalue weighted by Crippen LogP contribution is 2.30. The van der Waals surface area contributed by atoms with Gasteiger partial charge in [-0.1, -0.05) is 37.3 Å². The molecule has 6 nitrogen and oxygen atoms in total. The Morgan fingerprint density at radius 3 is 2.20 bits per heavy atom. The zero-order valence-corrected chi connectivity index (χ0v) is 16.3. The second-order valence-electron chi connectivity index (χ2n) is 6.75. The molecule has 1 heterocycles. The first-order chi connectivity index (χ1) is 14.6. The summed E-state index contributed by atoms with van der Waals surface area (Å²) in [6.45, 7) is 1.78. The number of benzene rings is 3. The molecule has 3 aromatic carbocycles. The van der Waals surface area contributed by atoms with Crippen LogP contribution in [0.2, 0.25) is 0 Å². The molecule has 1 aliphatic rings. The van der Waals surface area contributed by atoms with Gasteiger partial charge in [0.2, 0.25) is 0 Å². The molecule has 0 atom stereocenters. The summed E-state index contributed by atoms with van der Waals surface area (Å²) in [6.07, 6.45) is 0.867. The SMILES string of the molecule is CCc1cccc(OCC(=O)Oc2cccc(N3C(=O)c4ccccc4C3=O)c2)c1. The number of aryl methyl sites for hydroxylation is 1. The predicted molar refractivity (Wildman–Crippen MR) is 111 cm³/mol. The predicted octanol–water partition coefficient (Wildman–Crippen LogP) is 4.03. The minimum absolute atomic E-state index is 0.222. The highest BCUT2D eigenvalue weighted by atomic mass is 16.6. The molecule has 0 saturated carbocycles. The Morgan fingerprint density at radius 1 is 0.833 bits per heavy atom. The summed E-state index contributed by atoms with van der Waals surface area (Å²) in [4.78, 5) is 38.5. The van der Waals surface area contributed by atoms with E-state index in [9.17, 15) is 14.4 Å². The van der Waals surface area contributed by atoms with E-state index in [2.05, 4.69) is 0 Å². The molecular weight excluding hydrogens is 382 g/mol. The first kappa shape index (κ1) is 19.4. The first-order valence-corrected chi connectivity index (χ1v) is 9.57. The van der Waals surface area contributed by atoms with E-state index >= 15 is 0 Å². The number of hydrogen-bond acceptors (Lipinski definition) is 5. The van der Waals surface area contributed by atoms with Gasteiger partial charge >= 0.3 is 5.97 Å². The van der Waals surface area contributed by atoms with Crippen molar-refractivity contribution in [2.45, 2.75) is 13.3 Å². The zero-order valence-electron chi connectivity index (χ0n) is 16.3. The number of amides is 2. The van der Waals surface area contributed by atoms with Crippen molar-refractivity contribution in [3.63, 3.8) is 0 Å². The van der Waals surface area contributed by atoms with Crippen LogP contribution in [0.5, 0.6) is 11.5 Å². The zero-order chi connectivity index (χ0) is 21.1. The average molecular weight is 401 g/mol. The van der Waals surface area contributed by atoms with Crippen molar-refractivity contribution in [2.75, 3.05) is 11.5 Å². The Kier molecular flexibility index (Phi) is 5.30. The molecule has 4 rings (SSSR count). The Bertz CT molecular complexity index is 1100. The van der Waals surface area contributed by atoms with E-state index in [1.807, 2.05) is 25.1 Å². The number of rotatable bonds is 6. The number of hydrogen-bond donors (Lipinski definition) is 0. The molecule has 2 amide bonds. The molecule has 0 spiro atoms. The van der Waals surface area contributed by atoms with Gasteiger partial charge in [-0.25, -0.2) is 9.69 Å². The molecule has 150 valence electrons. The smallest absolute Gasteiger partial charge is 0.349 e. The van der Waals surface area contributed by atoms with E-state index in [-0.39, 0.29) is 12.4 Å². The van der Waals surface area contributed by atoms with Crippen molar-refractivity contribution in [3.8, 4) is 11.5 Å². The summed E-state index contributed by atoms with van der Waals surface area (Å²) >= 11 is 0. The standard InChI is InChI=1S/C24H19NO5/c1-2-16-7-5-9-18(13-16)29-15-22(26)30-19-10-6-8-17(14-19)25-23(27)20-11-3-4-12-21(20)24(25)28/h3-14H,2,15H2,1H3. The van der Waals surface area contributed by atoms with Gasteiger partial charge in [0.05, 0.1) is 16.8 Å². The summed E-state index contributed by atoms with van der Waals surface area (Å²) in [7, 11) is 0. The Morgan fingerprint density at radius 2 is 1.50 bits per heavy atom. The van der Waals surface area contributed by atoms with E-state index < -0.39 is 17.8 Å². The molecule has 0 N–H and O–H groups in total. The number of ether oxygens (including phenoxy) is 2. The molecule has 3 aromatic rings. The maximum Gasteiger partial charge on any atom is 0.349 e. The molecule has 30 heavy (non-hydrogen) atoms. The Labute approximate surface area is 173 Å². The number of esters is 1. The summed E-state index contributed by atoms with van der Waals surface area (Å²) in [5, 5.41) is 0. The lowest BCUT2D eigenvalue weighted by molar-refractivity contribution is -0.136. The first-order valence-electron chi connectivity index (χ1n) is 9.57. The summed E-state index contributed by atoms with van der Waals surface area (Å²) in [5.74, 6) is -0.584. The molecule has 0 saturated heterocycles. The molecule has 0 aromatic heterocycles. The third-order valence-corrected chi connectivity index (χ3v) is 4.76. The van der Waals surface area contributed by atoms with Crippen LogP contribution in [0.4, 0.5) is 5.69 Å².